The van der Waals surface area contributed by atoms with Gasteiger partial charge < -0.3 is 19.9 Å². The molecule has 1 aromatic carbocycles. The summed E-state index contributed by atoms with van der Waals surface area (Å²) in [7, 11) is 0. The van der Waals surface area contributed by atoms with Crippen molar-refractivity contribution in [2.45, 2.75) is 65.1 Å². The SMILES string of the molecule is CCC(C)N(CC(=O)N1CCc2sccc2C1COc1ccccc1)C(=O)NC(C)(C)C. The Kier molecular flexibility index (Phi) is 7.82. The first-order valence-electron chi connectivity index (χ1n) is 11.3. The lowest BCUT2D eigenvalue weighted by atomic mass is 10.00. The van der Waals surface area contributed by atoms with E-state index in [-0.39, 0.29) is 36.1 Å². The predicted molar refractivity (Wildman–Crippen MR) is 129 cm³/mol. The number of thiophene rings is 1. The number of amides is 3. The van der Waals surface area contributed by atoms with Gasteiger partial charge in [0.05, 0.1) is 6.04 Å². The smallest absolute Gasteiger partial charge is 0.318 e. The zero-order valence-corrected chi connectivity index (χ0v) is 20.6. The summed E-state index contributed by atoms with van der Waals surface area (Å²) in [6.07, 6.45) is 1.61. The Morgan fingerprint density at radius 1 is 1.25 bits per heavy atom. The maximum atomic E-state index is 13.5. The Morgan fingerprint density at radius 3 is 2.62 bits per heavy atom. The van der Waals surface area contributed by atoms with E-state index in [1.54, 1.807) is 16.2 Å². The molecule has 1 aliphatic heterocycles. The molecule has 0 saturated heterocycles. The summed E-state index contributed by atoms with van der Waals surface area (Å²) in [5, 5.41) is 5.09. The van der Waals surface area contributed by atoms with Crippen molar-refractivity contribution in [1.82, 2.24) is 15.1 Å². The topological polar surface area (TPSA) is 61.9 Å². The molecular formula is C25H35N3O3S. The number of benzene rings is 1. The molecule has 0 bridgehead atoms. The summed E-state index contributed by atoms with van der Waals surface area (Å²) >= 11 is 1.73. The number of urea groups is 1. The Labute approximate surface area is 195 Å². The summed E-state index contributed by atoms with van der Waals surface area (Å²) < 4.78 is 6.06. The van der Waals surface area contributed by atoms with E-state index in [9.17, 15) is 9.59 Å². The van der Waals surface area contributed by atoms with Gasteiger partial charge in [-0.15, -0.1) is 11.3 Å². The van der Waals surface area contributed by atoms with Crippen molar-refractivity contribution in [3.63, 3.8) is 0 Å². The molecule has 3 amide bonds. The minimum absolute atomic E-state index is 0.0400. The summed E-state index contributed by atoms with van der Waals surface area (Å²) in [5.74, 6) is 0.737. The number of para-hydroxylation sites is 1. The van der Waals surface area contributed by atoms with Gasteiger partial charge in [0.1, 0.15) is 18.9 Å². The van der Waals surface area contributed by atoms with Crippen LogP contribution in [0.2, 0.25) is 0 Å². The van der Waals surface area contributed by atoms with E-state index < -0.39 is 0 Å². The van der Waals surface area contributed by atoms with Gasteiger partial charge in [0.15, 0.2) is 0 Å². The van der Waals surface area contributed by atoms with E-state index in [0.717, 1.165) is 24.2 Å². The molecule has 1 aromatic heterocycles. The van der Waals surface area contributed by atoms with Gasteiger partial charge in [0.2, 0.25) is 5.91 Å². The van der Waals surface area contributed by atoms with Crippen molar-refractivity contribution in [2.75, 3.05) is 19.7 Å². The van der Waals surface area contributed by atoms with Gasteiger partial charge in [0.25, 0.3) is 0 Å². The van der Waals surface area contributed by atoms with Crippen LogP contribution in [-0.2, 0) is 11.2 Å². The molecule has 3 rings (SSSR count). The van der Waals surface area contributed by atoms with Gasteiger partial charge in [-0.25, -0.2) is 4.79 Å². The molecule has 2 unspecified atom stereocenters. The first-order chi connectivity index (χ1) is 15.2. The molecule has 0 saturated carbocycles. The van der Waals surface area contributed by atoms with E-state index in [1.807, 2.05) is 69.9 Å². The van der Waals surface area contributed by atoms with Gasteiger partial charge in [-0.05, 0) is 69.7 Å². The van der Waals surface area contributed by atoms with Crippen LogP contribution in [0.3, 0.4) is 0 Å². The van der Waals surface area contributed by atoms with Crippen LogP contribution in [0.25, 0.3) is 0 Å². The molecule has 0 radical (unpaired) electrons. The molecule has 2 heterocycles. The summed E-state index contributed by atoms with van der Waals surface area (Å²) in [6, 6.07) is 11.4. The zero-order chi connectivity index (χ0) is 23.3. The number of nitrogens with zero attached hydrogens (tertiary/aromatic N) is 2. The molecule has 0 spiro atoms. The number of nitrogens with one attached hydrogen (secondary N) is 1. The monoisotopic (exact) mass is 457 g/mol. The van der Waals surface area contributed by atoms with Crippen LogP contribution in [0.1, 0.15) is 57.5 Å². The first-order valence-corrected chi connectivity index (χ1v) is 12.2. The van der Waals surface area contributed by atoms with Crippen molar-refractivity contribution >= 4 is 23.3 Å². The Balaban J connectivity index is 1.78. The zero-order valence-electron chi connectivity index (χ0n) is 19.8. The van der Waals surface area contributed by atoms with Crippen molar-refractivity contribution < 1.29 is 14.3 Å². The van der Waals surface area contributed by atoms with Gasteiger partial charge in [-0.2, -0.15) is 0 Å². The van der Waals surface area contributed by atoms with Crippen molar-refractivity contribution in [3.8, 4) is 5.75 Å². The molecule has 0 aliphatic carbocycles. The first kappa shape index (κ1) is 24.1. The third kappa shape index (κ3) is 6.03. The van der Waals surface area contributed by atoms with Crippen LogP contribution < -0.4 is 10.1 Å². The van der Waals surface area contributed by atoms with Gasteiger partial charge in [0, 0.05) is 23.0 Å². The highest BCUT2D eigenvalue weighted by atomic mass is 32.1. The van der Waals surface area contributed by atoms with Crippen LogP contribution in [0, 0.1) is 0 Å². The van der Waals surface area contributed by atoms with Gasteiger partial charge in [-0.3, -0.25) is 4.79 Å². The number of hydrogen-bond donors (Lipinski definition) is 1. The second-order valence-corrected chi connectivity index (χ2v) is 10.3. The third-order valence-electron chi connectivity index (χ3n) is 5.74. The molecule has 32 heavy (non-hydrogen) atoms. The van der Waals surface area contributed by atoms with Crippen LogP contribution in [0.15, 0.2) is 41.8 Å². The third-order valence-corrected chi connectivity index (χ3v) is 6.73. The molecule has 2 atom stereocenters. The fourth-order valence-electron chi connectivity index (χ4n) is 3.84. The number of fused-ring (bicyclic) bond motifs is 1. The molecule has 6 nitrogen and oxygen atoms in total. The van der Waals surface area contributed by atoms with Crippen molar-refractivity contribution in [1.29, 1.82) is 0 Å². The molecule has 1 N–H and O–H groups in total. The number of hydrogen-bond acceptors (Lipinski definition) is 4. The maximum absolute atomic E-state index is 13.5. The molecular weight excluding hydrogens is 422 g/mol. The Morgan fingerprint density at radius 2 is 1.97 bits per heavy atom. The van der Waals surface area contributed by atoms with E-state index in [4.69, 9.17) is 4.74 Å². The lowest BCUT2D eigenvalue weighted by molar-refractivity contribution is -0.136. The molecule has 174 valence electrons. The minimum Gasteiger partial charge on any atom is -0.491 e. The Hall–Kier alpha value is -2.54. The highest BCUT2D eigenvalue weighted by Gasteiger charge is 2.34. The molecule has 7 heteroatoms. The number of carbonyl (C=O) groups is 2. The summed E-state index contributed by atoms with van der Waals surface area (Å²) in [5.41, 5.74) is 0.786. The highest BCUT2D eigenvalue weighted by molar-refractivity contribution is 7.10. The fraction of sp³-hybridized carbons (Fsp3) is 0.520. The van der Waals surface area contributed by atoms with E-state index >= 15 is 0 Å². The summed E-state index contributed by atoms with van der Waals surface area (Å²) in [6.45, 7) is 10.9. The van der Waals surface area contributed by atoms with Crippen molar-refractivity contribution in [2.24, 2.45) is 0 Å². The molecule has 2 aromatic rings. The van der Waals surface area contributed by atoms with E-state index in [2.05, 4.69) is 16.8 Å². The number of carbonyl (C=O) groups excluding carboxylic acids is 2. The minimum atomic E-state index is -0.366. The van der Waals surface area contributed by atoms with E-state index in [0.29, 0.717) is 13.2 Å². The second-order valence-electron chi connectivity index (χ2n) is 9.34. The van der Waals surface area contributed by atoms with Crippen LogP contribution in [-0.4, -0.2) is 53.0 Å². The second kappa shape index (κ2) is 10.4. The standard InChI is InChI=1S/C25H35N3O3S/c1-6-18(2)28(24(30)26-25(3,4)5)16-23(29)27-14-12-22-20(13-15-32-22)21(27)17-31-19-10-8-7-9-11-19/h7-11,13,15,18,21H,6,12,14,16-17H2,1-5H3,(H,26,30). The lowest BCUT2D eigenvalue weighted by Gasteiger charge is -2.38. The van der Waals surface area contributed by atoms with Crippen molar-refractivity contribution in [3.05, 3.63) is 52.2 Å². The fourth-order valence-corrected chi connectivity index (χ4v) is 4.77. The molecule has 0 fully saturated rings. The van der Waals surface area contributed by atoms with Gasteiger partial charge in [-0.1, -0.05) is 25.1 Å². The van der Waals surface area contributed by atoms with Gasteiger partial charge >= 0.3 is 6.03 Å². The van der Waals surface area contributed by atoms with Crippen LogP contribution in [0.4, 0.5) is 4.79 Å². The predicted octanol–water partition coefficient (Wildman–Crippen LogP) is 4.86. The average molecular weight is 458 g/mol. The lowest BCUT2D eigenvalue weighted by Crippen LogP contribution is -2.55. The average Bonchev–Trinajstić information content (AvgIpc) is 3.23. The highest BCUT2D eigenvalue weighted by Crippen LogP contribution is 2.34. The normalized spacial score (nSPS) is 16.8. The van der Waals surface area contributed by atoms with Crippen LogP contribution in [0.5, 0.6) is 5.75 Å². The van der Waals surface area contributed by atoms with Crippen LogP contribution >= 0.6 is 11.3 Å². The quantitative estimate of drug-likeness (QED) is 0.646. The Bertz CT molecular complexity index is 907. The maximum Gasteiger partial charge on any atom is 0.318 e. The molecule has 1 aliphatic rings. The number of ether oxygens (including phenoxy) is 1. The van der Waals surface area contributed by atoms with E-state index in [1.165, 1.54) is 4.88 Å². The number of rotatable bonds is 7. The largest absolute Gasteiger partial charge is 0.491 e. The summed E-state index contributed by atoms with van der Waals surface area (Å²) in [4.78, 5) is 31.3.